The second kappa shape index (κ2) is 6.16. The van der Waals surface area contributed by atoms with Crippen molar-refractivity contribution < 1.29 is 13.9 Å². The first-order valence-electron chi connectivity index (χ1n) is 6.12. The Hall–Kier alpha value is -1.13. The molecule has 0 heterocycles. The van der Waals surface area contributed by atoms with E-state index in [1.807, 2.05) is 20.8 Å². The summed E-state index contributed by atoms with van der Waals surface area (Å²) in [5.41, 5.74) is 5.95. The molecule has 0 saturated heterocycles. The number of halogens is 1. The molecule has 1 atom stereocenters. The molecule has 0 bridgehead atoms. The van der Waals surface area contributed by atoms with Crippen LogP contribution >= 0.6 is 0 Å². The van der Waals surface area contributed by atoms with E-state index >= 15 is 0 Å². The summed E-state index contributed by atoms with van der Waals surface area (Å²) in [6, 6.07) is 4.32. The van der Waals surface area contributed by atoms with Gasteiger partial charge < -0.3 is 15.2 Å². The summed E-state index contributed by atoms with van der Waals surface area (Å²) < 4.78 is 24.7. The summed E-state index contributed by atoms with van der Waals surface area (Å²) in [4.78, 5) is 0. The monoisotopic (exact) mass is 255 g/mol. The predicted octanol–water partition coefficient (Wildman–Crippen LogP) is 3.04. The molecule has 0 aliphatic rings. The topological polar surface area (TPSA) is 44.5 Å². The largest absolute Gasteiger partial charge is 0.491 e. The van der Waals surface area contributed by atoms with Crippen LogP contribution < -0.4 is 10.5 Å². The van der Waals surface area contributed by atoms with E-state index in [-0.39, 0.29) is 11.4 Å². The van der Waals surface area contributed by atoms with E-state index in [1.54, 1.807) is 19.1 Å². The van der Waals surface area contributed by atoms with Gasteiger partial charge in [0, 0.05) is 11.6 Å². The van der Waals surface area contributed by atoms with E-state index in [2.05, 4.69) is 0 Å². The highest BCUT2D eigenvalue weighted by Gasteiger charge is 2.14. The van der Waals surface area contributed by atoms with Crippen LogP contribution in [-0.4, -0.2) is 18.8 Å². The Labute approximate surface area is 108 Å². The van der Waals surface area contributed by atoms with Gasteiger partial charge >= 0.3 is 0 Å². The highest BCUT2D eigenvalue weighted by molar-refractivity contribution is 5.36. The summed E-state index contributed by atoms with van der Waals surface area (Å²) in [6.07, 6.45) is 0. The first-order chi connectivity index (χ1) is 8.31. The third-order valence-electron chi connectivity index (χ3n) is 2.34. The van der Waals surface area contributed by atoms with Crippen molar-refractivity contribution in [1.29, 1.82) is 0 Å². The van der Waals surface area contributed by atoms with Crippen LogP contribution in [0.1, 0.15) is 39.3 Å². The molecular formula is C14H22FNO2. The molecule has 1 aromatic carbocycles. The van der Waals surface area contributed by atoms with Crippen molar-refractivity contribution in [3.05, 3.63) is 29.6 Å². The van der Waals surface area contributed by atoms with Crippen molar-refractivity contribution in [2.24, 2.45) is 5.73 Å². The molecule has 0 amide bonds. The number of hydrogen-bond acceptors (Lipinski definition) is 3. The van der Waals surface area contributed by atoms with Crippen LogP contribution in [0.2, 0.25) is 0 Å². The van der Waals surface area contributed by atoms with Gasteiger partial charge in [-0.25, -0.2) is 4.39 Å². The zero-order valence-corrected chi connectivity index (χ0v) is 11.5. The summed E-state index contributed by atoms with van der Waals surface area (Å²) in [5.74, 6) is 0.154. The van der Waals surface area contributed by atoms with Crippen molar-refractivity contribution in [1.82, 2.24) is 0 Å². The van der Waals surface area contributed by atoms with Gasteiger partial charge in [-0.2, -0.15) is 0 Å². The summed E-state index contributed by atoms with van der Waals surface area (Å²) >= 11 is 0. The molecule has 0 radical (unpaired) electrons. The molecule has 1 rings (SSSR count). The average molecular weight is 255 g/mol. The number of hydrogen-bond donors (Lipinski definition) is 1. The molecule has 0 aliphatic heterocycles. The van der Waals surface area contributed by atoms with Crippen molar-refractivity contribution in [3.63, 3.8) is 0 Å². The second-order valence-corrected chi connectivity index (χ2v) is 5.25. The third kappa shape index (κ3) is 4.63. The van der Waals surface area contributed by atoms with E-state index in [0.717, 1.165) is 0 Å². The van der Waals surface area contributed by atoms with E-state index in [1.165, 1.54) is 6.07 Å². The summed E-state index contributed by atoms with van der Waals surface area (Å²) in [6.45, 7) is 8.49. The van der Waals surface area contributed by atoms with Crippen LogP contribution in [-0.2, 0) is 4.74 Å². The van der Waals surface area contributed by atoms with E-state index in [4.69, 9.17) is 15.2 Å². The van der Waals surface area contributed by atoms with E-state index in [0.29, 0.717) is 24.5 Å². The minimum absolute atomic E-state index is 0.199. The molecule has 3 nitrogen and oxygen atoms in total. The lowest BCUT2D eigenvalue weighted by Crippen LogP contribution is -2.23. The molecular weight excluding hydrogens is 233 g/mol. The number of rotatable bonds is 5. The predicted molar refractivity (Wildman–Crippen MR) is 70.2 cm³/mol. The van der Waals surface area contributed by atoms with Gasteiger partial charge in [-0.3, -0.25) is 0 Å². The zero-order valence-electron chi connectivity index (χ0n) is 11.5. The van der Waals surface area contributed by atoms with Crippen molar-refractivity contribution in [2.45, 2.75) is 39.3 Å². The number of nitrogens with two attached hydrogens (primary N) is 1. The second-order valence-electron chi connectivity index (χ2n) is 5.25. The fourth-order valence-electron chi connectivity index (χ4n) is 1.58. The Morgan fingerprint density at radius 1 is 1.28 bits per heavy atom. The molecule has 0 aliphatic carbocycles. The Morgan fingerprint density at radius 2 is 1.94 bits per heavy atom. The van der Waals surface area contributed by atoms with Crippen LogP contribution in [0.25, 0.3) is 0 Å². The van der Waals surface area contributed by atoms with Crippen LogP contribution in [0, 0.1) is 5.82 Å². The van der Waals surface area contributed by atoms with Crippen LogP contribution in [0.15, 0.2) is 18.2 Å². The summed E-state index contributed by atoms with van der Waals surface area (Å²) in [5, 5.41) is 0. The lowest BCUT2D eigenvalue weighted by Gasteiger charge is -2.20. The van der Waals surface area contributed by atoms with Gasteiger partial charge in [-0.1, -0.05) is 6.07 Å². The first-order valence-corrected chi connectivity index (χ1v) is 6.12. The minimum Gasteiger partial charge on any atom is -0.491 e. The summed E-state index contributed by atoms with van der Waals surface area (Å²) in [7, 11) is 0. The number of ether oxygens (including phenoxy) is 2. The number of benzene rings is 1. The molecule has 0 unspecified atom stereocenters. The first kappa shape index (κ1) is 14.9. The van der Waals surface area contributed by atoms with Gasteiger partial charge in [0.2, 0.25) is 0 Å². The normalized spacial score (nSPS) is 13.4. The molecule has 0 fully saturated rings. The smallest absolute Gasteiger partial charge is 0.131 e. The van der Waals surface area contributed by atoms with Crippen LogP contribution in [0.5, 0.6) is 5.75 Å². The molecule has 2 N–H and O–H groups in total. The quantitative estimate of drug-likeness (QED) is 0.822. The Kier molecular flexibility index (Phi) is 5.11. The van der Waals surface area contributed by atoms with Gasteiger partial charge in [0.25, 0.3) is 0 Å². The molecule has 0 aromatic heterocycles. The SMILES string of the molecule is C[C@@H](N)c1c(F)cccc1OCCOC(C)(C)C. The Bertz CT molecular complexity index is 386. The maximum Gasteiger partial charge on any atom is 0.131 e. The van der Waals surface area contributed by atoms with Gasteiger partial charge in [0.15, 0.2) is 0 Å². The fourth-order valence-corrected chi connectivity index (χ4v) is 1.58. The van der Waals surface area contributed by atoms with Crippen LogP contribution in [0.3, 0.4) is 0 Å². The lowest BCUT2D eigenvalue weighted by molar-refractivity contribution is -0.0164. The standard InChI is InChI=1S/C14H22FNO2/c1-10(16)13-11(15)6-5-7-12(13)17-8-9-18-14(2,3)4/h5-7,10H,8-9,16H2,1-4H3/t10-/m1/s1. The third-order valence-corrected chi connectivity index (χ3v) is 2.34. The van der Waals surface area contributed by atoms with E-state index in [9.17, 15) is 4.39 Å². The van der Waals surface area contributed by atoms with Crippen molar-refractivity contribution >= 4 is 0 Å². The molecule has 1 aromatic rings. The van der Waals surface area contributed by atoms with E-state index < -0.39 is 6.04 Å². The molecule has 0 saturated carbocycles. The Balaban J connectivity index is 2.60. The fraction of sp³-hybridized carbons (Fsp3) is 0.571. The Morgan fingerprint density at radius 3 is 2.50 bits per heavy atom. The molecule has 18 heavy (non-hydrogen) atoms. The maximum absolute atomic E-state index is 13.6. The van der Waals surface area contributed by atoms with Gasteiger partial charge in [0.1, 0.15) is 18.2 Å². The average Bonchev–Trinajstić information content (AvgIpc) is 2.22. The lowest BCUT2D eigenvalue weighted by atomic mass is 10.1. The molecule has 4 heteroatoms. The van der Waals surface area contributed by atoms with Crippen molar-refractivity contribution in [3.8, 4) is 5.75 Å². The molecule has 102 valence electrons. The van der Waals surface area contributed by atoms with Gasteiger partial charge in [-0.05, 0) is 39.8 Å². The van der Waals surface area contributed by atoms with Crippen LogP contribution in [0.4, 0.5) is 4.39 Å². The van der Waals surface area contributed by atoms with Gasteiger partial charge in [-0.15, -0.1) is 0 Å². The zero-order chi connectivity index (χ0) is 13.8. The molecule has 0 spiro atoms. The minimum atomic E-state index is -0.398. The maximum atomic E-state index is 13.6. The van der Waals surface area contributed by atoms with Crippen molar-refractivity contribution in [2.75, 3.05) is 13.2 Å². The highest BCUT2D eigenvalue weighted by Crippen LogP contribution is 2.26. The highest BCUT2D eigenvalue weighted by atomic mass is 19.1. The van der Waals surface area contributed by atoms with Gasteiger partial charge in [0.05, 0.1) is 12.2 Å².